The molecule has 1 aliphatic rings. The van der Waals surface area contributed by atoms with Crippen LogP contribution in [0.4, 0.5) is 10.5 Å². The molecule has 3 aromatic rings. The molecule has 6 heteroatoms. The van der Waals surface area contributed by atoms with Crippen LogP contribution in [-0.2, 0) is 22.4 Å². The van der Waals surface area contributed by atoms with Gasteiger partial charge in [-0.2, -0.15) is 0 Å². The van der Waals surface area contributed by atoms with Gasteiger partial charge in [0.25, 0.3) is 11.8 Å². The van der Waals surface area contributed by atoms with Crippen molar-refractivity contribution in [1.82, 2.24) is 5.32 Å². The summed E-state index contributed by atoms with van der Waals surface area (Å²) in [5.41, 5.74) is 0.383. The number of hydrogen-bond donors (Lipinski definition) is 1. The number of hydrogen-bond acceptors (Lipinski definition) is 4. The Bertz CT molecular complexity index is 1200. The smallest absolute Gasteiger partial charge is 0.421 e. The minimum atomic E-state index is -1.38. The van der Waals surface area contributed by atoms with E-state index in [0.29, 0.717) is 11.3 Å². The van der Waals surface area contributed by atoms with Crippen LogP contribution in [0.1, 0.15) is 42.3 Å². The minimum Gasteiger partial charge on any atom is -0.443 e. The summed E-state index contributed by atoms with van der Waals surface area (Å²) in [6, 6.07) is 25.4. The highest BCUT2D eigenvalue weighted by molar-refractivity contribution is 6.19. The van der Waals surface area contributed by atoms with Gasteiger partial charge in [0.2, 0.25) is 0 Å². The zero-order chi connectivity index (χ0) is 24.3. The van der Waals surface area contributed by atoms with Crippen molar-refractivity contribution < 1.29 is 19.1 Å². The second-order valence-corrected chi connectivity index (χ2v) is 9.49. The molecule has 1 aliphatic heterocycles. The molecule has 3 aromatic carbocycles. The van der Waals surface area contributed by atoms with E-state index in [1.807, 2.05) is 48.5 Å². The van der Waals surface area contributed by atoms with Crippen molar-refractivity contribution in [3.63, 3.8) is 0 Å². The number of anilines is 1. The van der Waals surface area contributed by atoms with E-state index in [-0.39, 0.29) is 18.7 Å². The Morgan fingerprint density at radius 1 is 0.912 bits per heavy atom. The van der Waals surface area contributed by atoms with Gasteiger partial charge in [-0.15, -0.1) is 0 Å². The number of para-hydroxylation sites is 1. The SMILES string of the molecule is CC(C)(C)OC(=O)N1C(=O)C(Cc2ccccc2)(NC(=O)c2ccccc2)Cc2ccccc21. The maximum Gasteiger partial charge on any atom is 0.421 e. The van der Waals surface area contributed by atoms with Crippen LogP contribution in [0.3, 0.4) is 0 Å². The molecule has 0 saturated heterocycles. The largest absolute Gasteiger partial charge is 0.443 e. The number of nitrogens with one attached hydrogen (secondary N) is 1. The standard InChI is InChI=1S/C28H28N2O4/c1-27(2,3)34-26(33)30-23-17-11-10-16-22(23)19-28(25(30)32,18-20-12-6-4-7-13-20)29-24(31)21-14-8-5-9-15-21/h4-17H,18-19H2,1-3H3,(H,29,31). The molecule has 1 N–H and O–H groups in total. The van der Waals surface area contributed by atoms with E-state index in [9.17, 15) is 14.4 Å². The molecule has 34 heavy (non-hydrogen) atoms. The molecule has 6 nitrogen and oxygen atoms in total. The average molecular weight is 457 g/mol. The lowest BCUT2D eigenvalue weighted by Gasteiger charge is -2.42. The van der Waals surface area contributed by atoms with E-state index < -0.39 is 23.1 Å². The first-order valence-corrected chi connectivity index (χ1v) is 11.3. The van der Waals surface area contributed by atoms with E-state index in [1.165, 1.54) is 0 Å². The summed E-state index contributed by atoms with van der Waals surface area (Å²) in [4.78, 5) is 41.7. The van der Waals surface area contributed by atoms with Crippen molar-refractivity contribution >= 4 is 23.6 Å². The summed E-state index contributed by atoms with van der Waals surface area (Å²) in [6.07, 6.45) is -0.302. The maximum atomic E-state index is 14.1. The van der Waals surface area contributed by atoms with Crippen molar-refractivity contribution in [3.8, 4) is 0 Å². The molecule has 0 bridgehead atoms. The summed E-state index contributed by atoms with van der Waals surface area (Å²) in [5.74, 6) is -0.901. The molecule has 0 fully saturated rings. The second kappa shape index (κ2) is 9.14. The Labute approximate surface area is 199 Å². The van der Waals surface area contributed by atoms with Gasteiger partial charge in [-0.05, 0) is 50.1 Å². The van der Waals surface area contributed by atoms with E-state index in [0.717, 1.165) is 16.0 Å². The number of imide groups is 1. The van der Waals surface area contributed by atoms with E-state index in [4.69, 9.17) is 4.74 Å². The summed E-state index contributed by atoms with van der Waals surface area (Å²) in [6.45, 7) is 5.25. The van der Waals surface area contributed by atoms with Crippen LogP contribution in [0.2, 0.25) is 0 Å². The molecule has 174 valence electrons. The first kappa shape index (κ1) is 23.2. The third-order valence-corrected chi connectivity index (χ3v) is 5.65. The van der Waals surface area contributed by atoms with Gasteiger partial charge < -0.3 is 10.1 Å². The molecule has 0 aromatic heterocycles. The molecule has 0 radical (unpaired) electrons. The Kier molecular flexibility index (Phi) is 6.24. The van der Waals surface area contributed by atoms with Crippen molar-refractivity contribution in [2.75, 3.05) is 4.90 Å². The number of carbonyl (C=O) groups excluding carboxylic acids is 3. The van der Waals surface area contributed by atoms with Crippen molar-refractivity contribution in [1.29, 1.82) is 0 Å². The van der Waals surface area contributed by atoms with Gasteiger partial charge in [0.05, 0.1) is 5.69 Å². The second-order valence-electron chi connectivity index (χ2n) is 9.49. The number of carbonyl (C=O) groups is 3. The Morgan fingerprint density at radius 3 is 2.15 bits per heavy atom. The number of fused-ring (bicyclic) bond motifs is 1. The molecule has 0 saturated carbocycles. The summed E-state index contributed by atoms with van der Waals surface area (Å²) >= 11 is 0. The number of amides is 3. The predicted octanol–water partition coefficient (Wildman–Crippen LogP) is 4.92. The van der Waals surface area contributed by atoms with E-state index in [1.54, 1.807) is 57.2 Å². The number of ether oxygens (including phenoxy) is 1. The van der Waals surface area contributed by atoms with Gasteiger partial charge in [-0.1, -0.05) is 66.7 Å². The molecule has 1 unspecified atom stereocenters. The highest BCUT2D eigenvalue weighted by Crippen LogP contribution is 2.36. The highest BCUT2D eigenvalue weighted by atomic mass is 16.6. The van der Waals surface area contributed by atoms with Gasteiger partial charge in [0.1, 0.15) is 11.1 Å². The monoisotopic (exact) mass is 456 g/mol. The first-order valence-electron chi connectivity index (χ1n) is 11.3. The Morgan fingerprint density at radius 2 is 1.50 bits per heavy atom. The molecule has 4 rings (SSSR count). The quantitative estimate of drug-likeness (QED) is 0.605. The number of rotatable bonds is 4. The molecular formula is C28H28N2O4. The van der Waals surface area contributed by atoms with Crippen molar-refractivity contribution in [3.05, 3.63) is 102 Å². The Hall–Kier alpha value is -3.93. The number of nitrogens with zero attached hydrogens (tertiary/aromatic N) is 1. The topological polar surface area (TPSA) is 75.7 Å². The molecule has 1 heterocycles. The molecule has 0 aliphatic carbocycles. The summed E-state index contributed by atoms with van der Waals surface area (Å²) in [7, 11) is 0. The zero-order valence-corrected chi connectivity index (χ0v) is 19.6. The van der Waals surface area contributed by atoms with Gasteiger partial charge in [-0.25, -0.2) is 9.69 Å². The normalized spacial score (nSPS) is 17.6. The summed E-state index contributed by atoms with van der Waals surface area (Å²) < 4.78 is 5.59. The lowest BCUT2D eigenvalue weighted by Crippen LogP contribution is -2.66. The zero-order valence-electron chi connectivity index (χ0n) is 19.6. The van der Waals surface area contributed by atoms with Crippen LogP contribution in [0, 0.1) is 0 Å². The molecule has 1 atom stereocenters. The van der Waals surface area contributed by atoms with Gasteiger partial charge in [0, 0.05) is 18.4 Å². The predicted molar refractivity (Wildman–Crippen MR) is 131 cm³/mol. The molecular weight excluding hydrogens is 428 g/mol. The van der Waals surface area contributed by atoms with Crippen LogP contribution < -0.4 is 10.2 Å². The van der Waals surface area contributed by atoms with Crippen molar-refractivity contribution in [2.45, 2.75) is 44.8 Å². The average Bonchev–Trinajstić information content (AvgIpc) is 2.80. The van der Waals surface area contributed by atoms with Crippen LogP contribution in [-0.4, -0.2) is 29.0 Å². The third kappa shape index (κ3) is 4.86. The lowest BCUT2D eigenvalue weighted by atomic mass is 9.79. The van der Waals surface area contributed by atoms with Gasteiger partial charge >= 0.3 is 6.09 Å². The fourth-order valence-electron chi connectivity index (χ4n) is 4.19. The van der Waals surface area contributed by atoms with Gasteiger partial charge in [-0.3, -0.25) is 9.59 Å². The molecule has 3 amide bonds. The summed E-state index contributed by atoms with van der Waals surface area (Å²) in [5, 5.41) is 3.00. The Balaban J connectivity index is 1.81. The fourth-order valence-corrected chi connectivity index (χ4v) is 4.19. The highest BCUT2D eigenvalue weighted by Gasteiger charge is 2.50. The first-order chi connectivity index (χ1) is 16.2. The van der Waals surface area contributed by atoms with Crippen LogP contribution in [0.15, 0.2) is 84.9 Å². The van der Waals surface area contributed by atoms with E-state index in [2.05, 4.69) is 5.32 Å². The van der Waals surface area contributed by atoms with Crippen LogP contribution in [0.5, 0.6) is 0 Å². The van der Waals surface area contributed by atoms with E-state index >= 15 is 0 Å². The minimum absolute atomic E-state index is 0.221. The third-order valence-electron chi connectivity index (χ3n) is 5.65. The van der Waals surface area contributed by atoms with Crippen LogP contribution >= 0.6 is 0 Å². The van der Waals surface area contributed by atoms with Gasteiger partial charge in [0.15, 0.2) is 0 Å². The number of benzene rings is 3. The maximum absolute atomic E-state index is 14.1. The lowest BCUT2D eigenvalue weighted by molar-refractivity contribution is -0.125. The fraction of sp³-hybridized carbons (Fsp3) is 0.250. The molecule has 0 spiro atoms. The van der Waals surface area contributed by atoms with Crippen molar-refractivity contribution in [2.24, 2.45) is 0 Å². The van der Waals surface area contributed by atoms with Crippen LogP contribution in [0.25, 0.3) is 0 Å².